The minimum absolute atomic E-state index is 0.0274. The molecule has 21 heavy (non-hydrogen) atoms. The third kappa shape index (κ3) is 3.11. The molecule has 3 nitrogen and oxygen atoms in total. The lowest BCUT2D eigenvalue weighted by molar-refractivity contribution is -0.154. The Morgan fingerprint density at radius 2 is 2.05 bits per heavy atom. The van der Waals surface area contributed by atoms with Crippen molar-refractivity contribution in [2.45, 2.75) is 43.7 Å². The number of hydrogen-bond acceptors (Lipinski definition) is 3. The van der Waals surface area contributed by atoms with Gasteiger partial charge in [-0.15, -0.1) is 0 Å². The van der Waals surface area contributed by atoms with Gasteiger partial charge in [-0.3, -0.25) is 0 Å². The van der Waals surface area contributed by atoms with Crippen LogP contribution in [0.4, 0.5) is 0 Å². The van der Waals surface area contributed by atoms with Gasteiger partial charge in [0.1, 0.15) is 0 Å². The van der Waals surface area contributed by atoms with Crippen LogP contribution in [0.25, 0.3) is 0 Å². The molecule has 1 spiro atoms. The van der Waals surface area contributed by atoms with E-state index in [9.17, 15) is 0 Å². The van der Waals surface area contributed by atoms with E-state index in [1.54, 1.807) is 0 Å². The summed E-state index contributed by atoms with van der Waals surface area (Å²) in [5.41, 5.74) is 7.44. The minimum atomic E-state index is -0.375. The van der Waals surface area contributed by atoms with Gasteiger partial charge in [0, 0.05) is 30.4 Å². The second-order valence-corrected chi connectivity index (χ2v) is 7.06. The van der Waals surface area contributed by atoms with Crippen LogP contribution in [0.15, 0.2) is 24.3 Å². The molecule has 2 aliphatic heterocycles. The zero-order valence-corrected chi connectivity index (χ0v) is 13.4. The molecule has 4 heteroatoms. The number of rotatable bonds is 2. The Morgan fingerprint density at radius 3 is 2.76 bits per heavy atom. The van der Waals surface area contributed by atoms with Crippen molar-refractivity contribution in [3.05, 3.63) is 34.9 Å². The molecule has 3 rings (SSSR count). The summed E-state index contributed by atoms with van der Waals surface area (Å²) in [5, 5.41) is 0.747. The predicted octanol–water partition coefficient (Wildman–Crippen LogP) is 3.49. The van der Waals surface area contributed by atoms with E-state index in [0.29, 0.717) is 5.92 Å². The van der Waals surface area contributed by atoms with Crippen molar-refractivity contribution >= 4 is 11.6 Å². The summed E-state index contributed by atoms with van der Waals surface area (Å²) in [4.78, 5) is 0. The molecule has 0 saturated carbocycles. The summed E-state index contributed by atoms with van der Waals surface area (Å²) in [6.45, 7) is 4.51. The maximum Gasteiger partial charge on any atom is 0.0729 e. The quantitative estimate of drug-likeness (QED) is 0.909. The highest BCUT2D eigenvalue weighted by Crippen LogP contribution is 2.43. The van der Waals surface area contributed by atoms with E-state index >= 15 is 0 Å². The minimum Gasteiger partial charge on any atom is -0.381 e. The molecule has 0 radical (unpaired) electrons. The largest absolute Gasteiger partial charge is 0.381 e. The zero-order chi connectivity index (χ0) is 14.9. The molecule has 0 bridgehead atoms. The van der Waals surface area contributed by atoms with Crippen LogP contribution in [0.5, 0.6) is 0 Å². The van der Waals surface area contributed by atoms with Crippen molar-refractivity contribution in [2.24, 2.45) is 11.7 Å². The van der Waals surface area contributed by atoms with Crippen LogP contribution in [0.1, 0.15) is 38.2 Å². The van der Waals surface area contributed by atoms with E-state index in [4.69, 9.17) is 26.8 Å². The highest BCUT2D eigenvalue weighted by atomic mass is 35.5. The average Bonchev–Trinajstić information content (AvgIpc) is 2.48. The maximum atomic E-state index is 6.73. The van der Waals surface area contributed by atoms with Gasteiger partial charge in [0.25, 0.3) is 0 Å². The van der Waals surface area contributed by atoms with E-state index in [1.807, 2.05) is 18.2 Å². The number of halogens is 1. The number of benzene rings is 1. The summed E-state index contributed by atoms with van der Waals surface area (Å²) in [6.07, 6.45) is 3.97. The normalized spacial score (nSPS) is 28.2. The topological polar surface area (TPSA) is 44.5 Å². The zero-order valence-electron chi connectivity index (χ0n) is 12.6. The standard InChI is InChI=1S/C17H24ClNO2/c1-16(19,13-3-2-4-15(18)11-13)14-5-8-21-17(12-14)6-9-20-10-7-17/h2-4,11,14H,5-10,12,19H2,1H3. The predicted molar refractivity (Wildman–Crippen MR) is 84.5 cm³/mol. The fraction of sp³-hybridized carbons (Fsp3) is 0.647. The first-order valence-corrected chi connectivity index (χ1v) is 8.16. The second-order valence-electron chi connectivity index (χ2n) is 6.63. The Balaban J connectivity index is 1.81. The third-order valence-electron chi connectivity index (χ3n) is 5.19. The van der Waals surface area contributed by atoms with Gasteiger partial charge in [0.15, 0.2) is 0 Å². The van der Waals surface area contributed by atoms with E-state index in [-0.39, 0.29) is 11.1 Å². The van der Waals surface area contributed by atoms with Gasteiger partial charge in [0.2, 0.25) is 0 Å². The average molecular weight is 310 g/mol. The summed E-state index contributed by atoms with van der Waals surface area (Å²) < 4.78 is 11.6. The van der Waals surface area contributed by atoms with Gasteiger partial charge in [-0.1, -0.05) is 23.7 Å². The van der Waals surface area contributed by atoms with Crippen LogP contribution in [0.3, 0.4) is 0 Å². The molecule has 116 valence electrons. The molecular formula is C17H24ClNO2. The Kier molecular flexibility index (Phi) is 4.28. The molecule has 2 unspecified atom stereocenters. The molecule has 2 fully saturated rings. The lowest BCUT2D eigenvalue weighted by atomic mass is 9.70. The van der Waals surface area contributed by atoms with Crippen LogP contribution in [0.2, 0.25) is 5.02 Å². The van der Waals surface area contributed by atoms with E-state index in [2.05, 4.69) is 13.0 Å². The lowest BCUT2D eigenvalue weighted by Crippen LogP contribution is -2.51. The smallest absolute Gasteiger partial charge is 0.0729 e. The molecule has 0 amide bonds. The number of nitrogens with two attached hydrogens (primary N) is 1. The molecule has 2 saturated heterocycles. The fourth-order valence-electron chi connectivity index (χ4n) is 3.69. The highest BCUT2D eigenvalue weighted by molar-refractivity contribution is 6.30. The molecule has 0 aliphatic carbocycles. The van der Waals surface area contributed by atoms with Gasteiger partial charge in [-0.25, -0.2) is 0 Å². The third-order valence-corrected chi connectivity index (χ3v) is 5.43. The molecule has 1 aromatic rings. The van der Waals surface area contributed by atoms with Crippen LogP contribution >= 0.6 is 11.6 Å². The first-order chi connectivity index (χ1) is 10.0. The van der Waals surface area contributed by atoms with Gasteiger partial charge < -0.3 is 15.2 Å². The fourth-order valence-corrected chi connectivity index (χ4v) is 3.88. The van der Waals surface area contributed by atoms with E-state index in [0.717, 1.165) is 56.1 Å². The van der Waals surface area contributed by atoms with Crippen molar-refractivity contribution in [1.29, 1.82) is 0 Å². The molecule has 2 aliphatic rings. The van der Waals surface area contributed by atoms with Crippen LogP contribution in [-0.4, -0.2) is 25.4 Å². The first-order valence-electron chi connectivity index (χ1n) is 7.79. The highest BCUT2D eigenvalue weighted by Gasteiger charge is 2.44. The van der Waals surface area contributed by atoms with Crippen molar-refractivity contribution in [1.82, 2.24) is 0 Å². The van der Waals surface area contributed by atoms with Crippen LogP contribution < -0.4 is 5.73 Å². The van der Waals surface area contributed by atoms with Gasteiger partial charge in [-0.05, 0) is 56.2 Å². The van der Waals surface area contributed by atoms with Gasteiger partial charge >= 0.3 is 0 Å². The maximum absolute atomic E-state index is 6.73. The summed E-state index contributed by atoms with van der Waals surface area (Å²) in [6, 6.07) is 7.95. The van der Waals surface area contributed by atoms with Crippen molar-refractivity contribution in [3.8, 4) is 0 Å². The Hall–Kier alpha value is -0.610. The van der Waals surface area contributed by atoms with Crippen LogP contribution in [-0.2, 0) is 15.0 Å². The summed E-state index contributed by atoms with van der Waals surface area (Å²) >= 11 is 6.14. The molecule has 2 heterocycles. The van der Waals surface area contributed by atoms with E-state index < -0.39 is 0 Å². The molecule has 2 N–H and O–H groups in total. The van der Waals surface area contributed by atoms with E-state index in [1.165, 1.54) is 0 Å². The SMILES string of the molecule is CC(N)(c1cccc(Cl)c1)C1CCOC2(CCOCC2)C1. The molecule has 0 aromatic heterocycles. The number of ether oxygens (including phenoxy) is 2. The van der Waals surface area contributed by atoms with Gasteiger partial charge in [-0.2, -0.15) is 0 Å². The Morgan fingerprint density at radius 1 is 1.29 bits per heavy atom. The monoisotopic (exact) mass is 309 g/mol. The Bertz CT molecular complexity index is 492. The van der Waals surface area contributed by atoms with Crippen molar-refractivity contribution < 1.29 is 9.47 Å². The lowest BCUT2D eigenvalue weighted by Gasteiger charge is -2.47. The molecular weight excluding hydrogens is 286 g/mol. The summed E-state index contributed by atoms with van der Waals surface area (Å²) in [7, 11) is 0. The molecule has 1 aromatic carbocycles. The second kappa shape index (κ2) is 5.88. The first kappa shape index (κ1) is 15.3. The Labute approximate surface area is 131 Å². The number of hydrogen-bond donors (Lipinski definition) is 1. The molecule has 2 atom stereocenters. The van der Waals surface area contributed by atoms with Crippen molar-refractivity contribution in [3.63, 3.8) is 0 Å². The van der Waals surface area contributed by atoms with Gasteiger partial charge in [0.05, 0.1) is 5.60 Å². The van der Waals surface area contributed by atoms with Crippen molar-refractivity contribution in [2.75, 3.05) is 19.8 Å². The summed E-state index contributed by atoms with van der Waals surface area (Å²) in [5.74, 6) is 0.405. The van der Waals surface area contributed by atoms with Crippen LogP contribution in [0, 0.1) is 5.92 Å².